The minimum Gasteiger partial charge on any atom is -0.450 e. The summed E-state index contributed by atoms with van der Waals surface area (Å²) in [6.45, 7) is 0.0978. The molecule has 1 aromatic rings. The second-order valence-electron chi connectivity index (χ2n) is 7.53. The van der Waals surface area contributed by atoms with Gasteiger partial charge in [-0.15, -0.1) is 0 Å². The van der Waals surface area contributed by atoms with Gasteiger partial charge in [0.05, 0.1) is 11.5 Å². The van der Waals surface area contributed by atoms with E-state index in [0.717, 1.165) is 16.7 Å². The molecule has 3 rings (SSSR count). The van der Waals surface area contributed by atoms with E-state index in [4.69, 9.17) is 4.74 Å². The molecule has 0 atom stereocenters. The summed E-state index contributed by atoms with van der Waals surface area (Å²) < 4.78 is 33.7. The Labute approximate surface area is 199 Å². The number of likely N-dealkylation sites (tertiary alicyclic amines) is 1. The minimum absolute atomic E-state index is 0.0115. The molecule has 2 aliphatic heterocycles. The van der Waals surface area contributed by atoms with Crippen molar-refractivity contribution < 1.29 is 37.4 Å². The number of piperidine rings is 1. The molecule has 0 spiro atoms. The van der Waals surface area contributed by atoms with Crippen molar-refractivity contribution >= 4 is 41.0 Å². The highest BCUT2D eigenvalue weighted by atomic mass is 32.2. The van der Waals surface area contributed by atoms with Crippen LogP contribution in [0.3, 0.4) is 0 Å². The average molecular weight is 498 g/mol. The third-order valence-corrected chi connectivity index (χ3v) is 6.21. The Morgan fingerprint density at radius 2 is 1.88 bits per heavy atom. The van der Waals surface area contributed by atoms with E-state index >= 15 is 0 Å². The second-order valence-corrected chi connectivity index (χ2v) is 8.53. The zero-order chi connectivity index (χ0) is 24.7. The van der Waals surface area contributed by atoms with Gasteiger partial charge in [-0.2, -0.15) is 8.78 Å². The van der Waals surface area contributed by atoms with E-state index in [2.05, 4.69) is 10.1 Å². The summed E-state index contributed by atoms with van der Waals surface area (Å²) in [5.41, 5.74) is 0.551. The number of thioether (sulfide) groups is 1. The van der Waals surface area contributed by atoms with Crippen LogP contribution >= 0.6 is 11.8 Å². The first kappa shape index (κ1) is 25.5. The third kappa shape index (κ3) is 6.69. The predicted molar refractivity (Wildman–Crippen MR) is 120 cm³/mol. The van der Waals surface area contributed by atoms with Crippen LogP contribution < -0.4 is 10.1 Å². The molecule has 9 nitrogen and oxygen atoms in total. The minimum atomic E-state index is -2.93. The van der Waals surface area contributed by atoms with Gasteiger partial charge in [0.15, 0.2) is 0 Å². The van der Waals surface area contributed by atoms with Crippen molar-refractivity contribution in [3.8, 4) is 5.75 Å². The average Bonchev–Trinajstić information content (AvgIpc) is 3.07. The van der Waals surface area contributed by atoms with Crippen LogP contribution in [-0.2, 0) is 14.3 Å². The van der Waals surface area contributed by atoms with Crippen LogP contribution in [-0.4, -0.2) is 72.3 Å². The van der Waals surface area contributed by atoms with E-state index in [-0.39, 0.29) is 41.7 Å². The van der Waals surface area contributed by atoms with E-state index in [1.54, 1.807) is 11.8 Å². The molecule has 1 N–H and O–H groups in total. The van der Waals surface area contributed by atoms with Crippen molar-refractivity contribution in [2.24, 2.45) is 5.92 Å². The van der Waals surface area contributed by atoms with E-state index in [1.807, 2.05) is 0 Å². The molecule has 2 fully saturated rings. The van der Waals surface area contributed by atoms with Crippen LogP contribution in [0.25, 0.3) is 6.08 Å². The fourth-order valence-corrected chi connectivity index (χ4v) is 4.43. The summed E-state index contributed by atoms with van der Waals surface area (Å²) in [7, 11) is 0. The van der Waals surface area contributed by atoms with Crippen LogP contribution in [0.2, 0.25) is 0 Å². The monoisotopic (exact) mass is 497 g/mol. The number of hydrogen-bond donors (Lipinski definition) is 1. The molecule has 184 valence electrons. The van der Waals surface area contributed by atoms with Gasteiger partial charge in [-0.25, -0.2) is 4.79 Å². The summed E-state index contributed by atoms with van der Waals surface area (Å²) >= 11 is 0.771. The predicted octanol–water partition coefficient (Wildman–Crippen LogP) is 3.31. The highest BCUT2D eigenvalue weighted by Gasteiger charge is 2.35. The standard InChI is InChI=1S/C22H25F2N3O6S/c1-2-32-21(30)26-10-7-15(8-11-26)18(28)25-9-12-27-19(29)17(34-22(27)31)13-14-3-5-16(6-4-14)33-20(23)24/h3-6,13,15,20H,2,7-12H2,1H3,(H,25,28)/b17-13-. The van der Waals surface area contributed by atoms with Crippen molar-refractivity contribution in [1.82, 2.24) is 15.1 Å². The second kappa shape index (κ2) is 11.8. The van der Waals surface area contributed by atoms with Gasteiger partial charge >= 0.3 is 12.7 Å². The number of carbonyl (C=O) groups excluding carboxylic acids is 4. The van der Waals surface area contributed by atoms with Crippen molar-refractivity contribution in [2.45, 2.75) is 26.4 Å². The maximum atomic E-state index is 12.6. The number of nitrogens with zero attached hydrogens (tertiary/aromatic N) is 2. The molecular weight excluding hydrogens is 472 g/mol. The van der Waals surface area contributed by atoms with Crippen molar-refractivity contribution in [1.29, 1.82) is 0 Å². The van der Waals surface area contributed by atoms with Gasteiger partial charge in [-0.1, -0.05) is 12.1 Å². The van der Waals surface area contributed by atoms with Gasteiger partial charge in [0.1, 0.15) is 5.75 Å². The van der Waals surface area contributed by atoms with Gasteiger partial charge in [0, 0.05) is 32.1 Å². The third-order valence-electron chi connectivity index (χ3n) is 5.30. The fraction of sp³-hybridized carbons (Fsp3) is 0.455. The molecule has 0 bridgehead atoms. The van der Waals surface area contributed by atoms with Gasteiger partial charge in [0.25, 0.3) is 11.1 Å². The van der Waals surface area contributed by atoms with Crippen molar-refractivity contribution in [3.63, 3.8) is 0 Å². The molecule has 2 aliphatic rings. The maximum Gasteiger partial charge on any atom is 0.409 e. The number of amides is 4. The van der Waals surface area contributed by atoms with Crippen LogP contribution in [0.5, 0.6) is 5.75 Å². The van der Waals surface area contributed by atoms with Gasteiger partial charge in [-0.3, -0.25) is 19.3 Å². The lowest BCUT2D eigenvalue weighted by Gasteiger charge is -2.30. The number of halogens is 2. The molecular formula is C22H25F2N3O6S. The SMILES string of the molecule is CCOC(=O)N1CCC(C(=O)NCCN2C(=O)S/C(=C\c3ccc(OC(F)F)cc3)C2=O)CC1. The van der Waals surface area contributed by atoms with Crippen LogP contribution in [0.15, 0.2) is 29.2 Å². The van der Waals surface area contributed by atoms with Crippen LogP contribution in [0, 0.1) is 5.92 Å². The summed E-state index contributed by atoms with van der Waals surface area (Å²) in [6, 6.07) is 5.68. The Kier molecular flexibility index (Phi) is 8.85. The first-order chi connectivity index (χ1) is 16.3. The number of nitrogens with one attached hydrogen (secondary N) is 1. The fourth-order valence-electron chi connectivity index (χ4n) is 3.56. The summed E-state index contributed by atoms with van der Waals surface area (Å²) in [5.74, 6) is -0.933. The largest absolute Gasteiger partial charge is 0.450 e. The maximum absolute atomic E-state index is 12.6. The number of carbonyl (C=O) groups is 4. The number of benzene rings is 1. The number of imide groups is 1. The zero-order valence-corrected chi connectivity index (χ0v) is 19.3. The first-order valence-electron chi connectivity index (χ1n) is 10.8. The molecule has 4 amide bonds. The summed E-state index contributed by atoms with van der Waals surface area (Å²) in [6.07, 6.45) is 2.13. The lowest BCUT2D eigenvalue weighted by molar-refractivity contribution is -0.127. The lowest BCUT2D eigenvalue weighted by atomic mass is 9.96. The first-order valence-corrected chi connectivity index (χ1v) is 11.6. The Hall–Kier alpha value is -3.15. The molecule has 0 aromatic heterocycles. The van der Waals surface area contributed by atoms with E-state index in [9.17, 15) is 28.0 Å². The van der Waals surface area contributed by atoms with Crippen molar-refractivity contribution in [3.05, 3.63) is 34.7 Å². The smallest absolute Gasteiger partial charge is 0.409 e. The van der Waals surface area contributed by atoms with Gasteiger partial charge in [-0.05, 0) is 55.3 Å². The van der Waals surface area contributed by atoms with Gasteiger partial charge in [0.2, 0.25) is 5.91 Å². The highest BCUT2D eigenvalue weighted by Crippen LogP contribution is 2.32. The Balaban J connectivity index is 1.46. The molecule has 0 radical (unpaired) electrons. The van der Waals surface area contributed by atoms with E-state index < -0.39 is 17.8 Å². The molecule has 0 unspecified atom stereocenters. The normalized spacial score (nSPS) is 18.1. The molecule has 12 heteroatoms. The molecule has 2 heterocycles. The Morgan fingerprint density at radius 3 is 2.50 bits per heavy atom. The molecule has 0 saturated carbocycles. The van der Waals surface area contributed by atoms with Crippen LogP contribution in [0.1, 0.15) is 25.3 Å². The van der Waals surface area contributed by atoms with Crippen molar-refractivity contribution in [2.75, 3.05) is 32.8 Å². The molecule has 1 aromatic carbocycles. The molecule has 2 saturated heterocycles. The molecule has 0 aliphatic carbocycles. The quantitative estimate of drug-likeness (QED) is 0.550. The summed E-state index contributed by atoms with van der Waals surface area (Å²) in [5, 5.41) is 2.30. The van der Waals surface area contributed by atoms with Gasteiger partial charge < -0.3 is 19.7 Å². The number of rotatable bonds is 8. The van der Waals surface area contributed by atoms with Crippen LogP contribution in [0.4, 0.5) is 18.4 Å². The van der Waals surface area contributed by atoms with E-state index in [0.29, 0.717) is 38.1 Å². The lowest BCUT2D eigenvalue weighted by Crippen LogP contribution is -2.44. The number of hydrogen-bond acceptors (Lipinski definition) is 7. The molecule has 34 heavy (non-hydrogen) atoms. The summed E-state index contributed by atoms with van der Waals surface area (Å²) in [4.78, 5) is 51.8. The Morgan fingerprint density at radius 1 is 1.21 bits per heavy atom. The highest BCUT2D eigenvalue weighted by molar-refractivity contribution is 8.18. The number of alkyl halides is 2. The number of ether oxygens (including phenoxy) is 2. The zero-order valence-electron chi connectivity index (χ0n) is 18.5. The Bertz CT molecular complexity index is 948. The topological polar surface area (TPSA) is 105 Å². The van der Waals surface area contributed by atoms with E-state index in [1.165, 1.54) is 30.3 Å².